The van der Waals surface area contributed by atoms with Gasteiger partial charge in [-0.15, -0.1) is 0 Å². The Bertz CT molecular complexity index is 1040. The Kier molecular flexibility index (Phi) is 4.66. The number of hydrogen-bond donors (Lipinski definition) is 1. The molecule has 0 saturated heterocycles. The summed E-state index contributed by atoms with van der Waals surface area (Å²) in [6.07, 6.45) is 3.00. The number of aryl methyl sites for hydroxylation is 2. The molecule has 2 heterocycles. The fourth-order valence-corrected chi connectivity index (χ4v) is 2.90. The Morgan fingerprint density at radius 1 is 1.19 bits per heavy atom. The minimum atomic E-state index is -0.439. The van der Waals surface area contributed by atoms with E-state index < -0.39 is 5.91 Å². The highest BCUT2D eigenvalue weighted by Crippen LogP contribution is 2.27. The van der Waals surface area contributed by atoms with Crippen molar-refractivity contribution in [3.63, 3.8) is 0 Å². The van der Waals surface area contributed by atoms with Gasteiger partial charge in [-0.3, -0.25) is 14.3 Å². The topological polar surface area (TPSA) is 87.4 Å². The molecule has 0 radical (unpaired) electrons. The molecule has 1 amide bonds. The second-order valence-corrected chi connectivity index (χ2v) is 5.86. The first kappa shape index (κ1) is 17.5. The number of amides is 1. The largest absolute Gasteiger partial charge is 0.493 e. The minimum absolute atomic E-state index is 0.0773. The number of rotatable bonds is 5. The highest BCUT2D eigenvalue weighted by atomic mass is 16.5. The highest BCUT2D eigenvalue weighted by molar-refractivity contribution is 5.96. The maximum absolute atomic E-state index is 12.6. The zero-order chi connectivity index (χ0) is 18.8. The summed E-state index contributed by atoms with van der Waals surface area (Å²) in [6.45, 7) is 0.257. The van der Waals surface area contributed by atoms with Gasteiger partial charge in [0.05, 0.1) is 25.8 Å². The van der Waals surface area contributed by atoms with Gasteiger partial charge in [0.1, 0.15) is 11.2 Å². The molecule has 8 heteroatoms. The van der Waals surface area contributed by atoms with Crippen LogP contribution in [0.25, 0.3) is 11.0 Å². The first-order valence-electron chi connectivity index (χ1n) is 7.96. The maximum Gasteiger partial charge on any atom is 0.257 e. The van der Waals surface area contributed by atoms with Crippen LogP contribution in [0.2, 0.25) is 0 Å². The summed E-state index contributed by atoms with van der Waals surface area (Å²) in [7, 11) is 6.63. The first-order valence-corrected chi connectivity index (χ1v) is 7.96. The van der Waals surface area contributed by atoms with Crippen molar-refractivity contribution >= 4 is 16.9 Å². The van der Waals surface area contributed by atoms with Gasteiger partial charge in [0, 0.05) is 26.8 Å². The predicted molar refractivity (Wildman–Crippen MR) is 96.7 cm³/mol. The fraction of sp³-hybridized carbons (Fsp3) is 0.278. The van der Waals surface area contributed by atoms with Crippen LogP contribution in [-0.2, 0) is 20.6 Å². The second-order valence-electron chi connectivity index (χ2n) is 5.86. The Hall–Kier alpha value is -3.29. The molecule has 3 aromatic rings. The smallest absolute Gasteiger partial charge is 0.257 e. The van der Waals surface area contributed by atoms with Crippen LogP contribution in [-0.4, -0.2) is 34.5 Å². The monoisotopic (exact) mass is 356 g/mol. The zero-order valence-corrected chi connectivity index (χ0v) is 15.1. The van der Waals surface area contributed by atoms with Crippen molar-refractivity contribution in [1.29, 1.82) is 0 Å². The number of nitrogens with one attached hydrogen (secondary N) is 1. The molecule has 2 aromatic heterocycles. The molecule has 0 bridgehead atoms. The third kappa shape index (κ3) is 3.01. The lowest BCUT2D eigenvalue weighted by atomic mass is 10.1. The first-order chi connectivity index (χ1) is 12.5. The van der Waals surface area contributed by atoms with Crippen molar-refractivity contribution in [2.24, 2.45) is 14.1 Å². The van der Waals surface area contributed by atoms with Crippen molar-refractivity contribution in [1.82, 2.24) is 19.7 Å². The molecule has 0 aliphatic rings. The van der Waals surface area contributed by atoms with E-state index in [1.165, 1.54) is 12.4 Å². The summed E-state index contributed by atoms with van der Waals surface area (Å²) >= 11 is 0. The van der Waals surface area contributed by atoms with Crippen molar-refractivity contribution in [2.45, 2.75) is 6.54 Å². The van der Waals surface area contributed by atoms with Gasteiger partial charge in [0.15, 0.2) is 11.5 Å². The average Bonchev–Trinajstić information content (AvgIpc) is 3.04. The number of pyridine rings is 1. The minimum Gasteiger partial charge on any atom is -0.493 e. The van der Waals surface area contributed by atoms with Gasteiger partial charge in [0.2, 0.25) is 5.43 Å². The maximum atomic E-state index is 12.6. The van der Waals surface area contributed by atoms with Gasteiger partial charge < -0.3 is 19.4 Å². The predicted octanol–water partition coefficient (Wildman–Crippen LogP) is 1.22. The van der Waals surface area contributed by atoms with E-state index in [2.05, 4.69) is 10.4 Å². The van der Waals surface area contributed by atoms with Crippen LogP contribution >= 0.6 is 0 Å². The zero-order valence-electron chi connectivity index (χ0n) is 15.1. The molecule has 0 aliphatic heterocycles. The second kappa shape index (κ2) is 6.91. The fourth-order valence-electron chi connectivity index (χ4n) is 2.90. The summed E-state index contributed by atoms with van der Waals surface area (Å²) in [5.74, 6) is 0.747. The Labute approximate surface area is 149 Å². The summed E-state index contributed by atoms with van der Waals surface area (Å²) in [5, 5.41) is 7.26. The lowest BCUT2D eigenvalue weighted by molar-refractivity contribution is 0.0949. The summed E-state index contributed by atoms with van der Waals surface area (Å²) in [6, 6.07) is 5.37. The third-order valence-electron chi connectivity index (χ3n) is 4.20. The summed E-state index contributed by atoms with van der Waals surface area (Å²) < 4.78 is 13.8. The normalized spacial score (nSPS) is 10.8. The molecule has 0 aliphatic carbocycles. The van der Waals surface area contributed by atoms with Gasteiger partial charge in [-0.1, -0.05) is 6.07 Å². The number of carbonyl (C=O) groups is 1. The molecule has 8 nitrogen and oxygen atoms in total. The Morgan fingerprint density at radius 3 is 2.62 bits per heavy atom. The van der Waals surface area contributed by atoms with Crippen LogP contribution in [0.5, 0.6) is 11.5 Å². The Balaban J connectivity index is 1.84. The van der Waals surface area contributed by atoms with E-state index >= 15 is 0 Å². The number of fused-ring (bicyclic) bond motifs is 1. The molecule has 0 spiro atoms. The number of ether oxygens (including phenoxy) is 2. The molecular formula is C18H20N4O4. The van der Waals surface area contributed by atoms with Crippen LogP contribution in [0.4, 0.5) is 0 Å². The lowest BCUT2D eigenvalue weighted by Crippen LogP contribution is -2.29. The molecule has 3 rings (SSSR count). The number of carbonyl (C=O) groups excluding carboxylic acids is 1. The standard InChI is InChI=1S/C18H20N4O4/c1-21-10-13(16(23)12-9-20-22(2)18(12)21)17(24)19-8-11-5-6-14(25-3)15(7-11)26-4/h5-7,9-10H,8H2,1-4H3,(H,19,24). The van der Waals surface area contributed by atoms with Crippen molar-refractivity contribution in [3.8, 4) is 11.5 Å². The van der Waals surface area contributed by atoms with E-state index in [-0.39, 0.29) is 17.5 Å². The molecule has 136 valence electrons. The number of hydrogen-bond acceptors (Lipinski definition) is 5. The lowest BCUT2D eigenvalue weighted by Gasteiger charge is -2.11. The number of nitrogens with zero attached hydrogens (tertiary/aromatic N) is 3. The highest BCUT2D eigenvalue weighted by Gasteiger charge is 2.16. The van der Waals surface area contributed by atoms with E-state index in [1.807, 2.05) is 6.07 Å². The summed E-state index contributed by atoms with van der Waals surface area (Å²) in [5.41, 5.74) is 1.23. The molecule has 0 unspecified atom stereocenters. The quantitative estimate of drug-likeness (QED) is 0.743. The molecule has 0 fully saturated rings. The number of methoxy groups -OCH3 is 2. The van der Waals surface area contributed by atoms with Gasteiger partial charge >= 0.3 is 0 Å². The van der Waals surface area contributed by atoms with Crippen molar-refractivity contribution in [2.75, 3.05) is 14.2 Å². The molecule has 26 heavy (non-hydrogen) atoms. The van der Waals surface area contributed by atoms with E-state index in [4.69, 9.17) is 9.47 Å². The number of benzene rings is 1. The van der Waals surface area contributed by atoms with Crippen molar-refractivity contribution in [3.05, 3.63) is 51.9 Å². The van der Waals surface area contributed by atoms with Gasteiger partial charge in [-0.05, 0) is 17.7 Å². The van der Waals surface area contributed by atoms with E-state index in [9.17, 15) is 9.59 Å². The molecule has 1 aromatic carbocycles. The van der Waals surface area contributed by atoms with Gasteiger partial charge in [-0.25, -0.2) is 0 Å². The van der Waals surface area contributed by atoms with Crippen LogP contribution < -0.4 is 20.2 Å². The van der Waals surface area contributed by atoms with Crippen molar-refractivity contribution < 1.29 is 14.3 Å². The van der Waals surface area contributed by atoms with E-state index in [0.717, 1.165) is 5.56 Å². The molecule has 0 atom stereocenters. The molecule has 0 saturated carbocycles. The molecular weight excluding hydrogens is 336 g/mol. The Morgan fingerprint density at radius 2 is 1.92 bits per heavy atom. The van der Waals surface area contributed by atoms with Crippen LogP contribution in [0, 0.1) is 0 Å². The molecule has 1 N–H and O–H groups in total. The van der Waals surface area contributed by atoms with Crippen LogP contribution in [0.15, 0.2) is 35.4 Å². The van der Waals surface area contributed by atoms with Gasteiger partial charge in [-0.2, -0.15) is 5.10 Å². The summed E-state index contributed by atoms with van der Waals surface area (Å²) in [4.78, 5) is 25.1. The van der Waals surface area contributed by atoms with Gasteiger partial charge in [0.25, 0.3) is 5.91 Å². The van der Waals surface area contributed by atoms with Crippen LogP contribution in [0.3, 0.4) is 0 Å². The SMILES string of the molecule is COc1ccc(CNC(=O)c2cn(C)c3c(cnn3C)c2=O)cc1OC. The van der Waals surface area contributed by atoms with E-state index in [1.54, 1.807) is 49.7 Å². The number of aromatic nitrogens is 3. The average molecular weight is 356 g/mol. The third-order valence-corrected chi connectivity index (χ3v) is 4.20. The van der Waals surface area contributed by atoms with Crippen LogP contribution in [0.1, 0.15) is 15.9 Å². The van der Waals surface area contributed by atoms with E-state index in [0.29, 0.717) is 22.5 Å².